The number of halogens is 1. The van der Waals surface area contributed by atoms with Crippen molar-refractivity contribution in [2.45, 2.75) is 31.5 Å². The third-order valence-corrected chi connectivity index (χ3v) is 9.79. The van der Waals surface area contributed by atoms with Gasteiger partial charge in [-0.2, -0.15) is 0 Å². The van der Waals surface area contributed by atoms with Crippen LogP contribution in [-0.2, 0) is 16.6 Å². The van der Waals surface area contributed by atoms with E-state index in [2.05, 4.69) is 25.6 Å². The number of amides is 1. The average Bonchev–Trinajstić information content (AvgIpc) is 3.04. The van der Waals surface area contributed by atoms with Gasteiger partial charge in [0.1, 0.15) is 11.9 Å². The second-order valence-electron chi connectivity index (χ2n) is 10.8. The lowest BCUT2D eigenvalue weighted by atomic mass is 9.99. The zero-order valence-electron chi connectivity index (χ0n) is 24.9. The minimum Gasteiger partial charge on any atom is -0.494 e. The molecule has 0 saturated carbocycles. The molecule has 0 unspecified atom stereocenters. The molecule has 1 heterocycles. The number of rotatable bonds is 9. The molecule has 1 aliphatic heterocycles. The maximum atomic E-state index is 14.6. The van der Waals surface area contributed by atoms with Crippen LogP contribution in [-0.4, -0.2) is 20.9 Å². The number of benzene rings is 5. The summed E-state index contributed by atoms with van der Waals surface area (Å²) in [6.07, 6.45) is -0.549. The van der Waals surface area contributed by atoms with Gasteiger partial charge in [0.15, 0.2) is 0 Å². The number of anilines is 3. The van der Waals surface area contributed by atoms with Crippen LogP contribution in [0.1, 0.15) is 40.1 Å². The lowest BCUT2D eigenvalue weighted by Crippen LogP contribution is -2.49. The highest BCUT2D eigenvalue weighted by molar-refractivity contribution is 9.10. The summed E-state index contributed by atoms with van der Waals surface area (Å²) in [5, 5.41) is 0. The summed E-state index contributed by atoms with van der Waals surface area (Å²) in [5.74, 6) is 0.381. The van der Waals surface area contributed by atoms with Crippen LogP contribution in [0.2, 0.25) is 0 Å². The highest BCUT2D eigenvalue weighted by Gasteiger charge is 2.41. The Morgan fingerprint density at radius 2 is 1.53 bits per heavy atom. The summed E-state index contributed by atoms with van der Waals surface area (Å²) >= 11 is 3.74. The molecule has 45 heavy (non-hydrogen) atoms. The number of ether oxygens (including phenoxy) is 1. The predicted molar refractivity (Wildman–Crippen MR) is 182 cm³/mol. The van der Waals surface area contributed by atoms with Crippen molar-refractivity contribution in [2.75, 3.05) is 21.1 Å². The fraction of sp³-hybridized carbons (Fsp3) is 0.139. The normalized spacial score (nSPS) is 14.6. The molecule has 0 radical (unpaired) electrons. The number of fused-ring (bicyclic) bond motifs is 1. The van der Waals surface area contributed by atoms with Crippen molar-refractivity contribution in [3.8, 4) is 5.75 Å². The summed E-state index contributed by atoms with van der Waals surface area (Å²) in [5.41, 5.74) is 4.97. The second kappa shape index (κ2) is 12.8. The average molecular weight is 683 g/mol. The number of hydrogen-bond donors (Lipinski definition) is 1. The van der Waals surface area contributed by atoms with Crippen molar-refractivity contribution in [1.29, 1.82) is 0 Å². The predicted octanol–water partition coefficient (Wildman–Crippen LogP) is 8.32. The van der Waals surface area contributed by atoms with Crippen LogP contribution in [0.3, 0.4) is 0 Å². The maximum absolute atomic E-state index is 14.6. The third kappa shape index (κ3) is 6.32. The van der Waals surface area contributed by atoms with Gasteiger partial charge in [0.05, 0.1) is 22.8 Å². The molecule has 1 aliphatic rings. The molecule has 228 valence electrons. The molecule has 5 aromatic rings. The molecule has 0 aliphatic carbocycles. The van der Waals surface area contributed by atoms with Crippen molar-refractivity contribution in [3.05, 3.63) is 148 Å². The quantitative estimate of drug-likeness (QED) is 0.169. The summed E-state index contributed by atoms with van der Waals surface area (Å²) in [4.78, 5) is 18.5. The van der Waals surface area contributed by atoms with Gasteiger partial charge in [-0.1, -0.05) is 82.2 Å². The van der Waals surface area contributed by atoms with Crippen LogP contribution in [0.15, 0.2) is 131 Å². The van der Waals surface area contributed by atoms with Crippen molar-refractivity contribution < 1.29 is 17.9 Å². The van der Waals surface area contributed by atoms with Crippen molar-refractivity contribution in [2.24, 2.45) is 0 Å². The molecule has 7 nitrogen and oxygen atoms in total. The van der Waals surface area contributed by atoms with E-state index in [1.807, 2.05) is 105 Å². The van der Waals surface area contributed by atoms with Gasteiger partial charge in [-0.05, 0) is 80.1 Å². The van der Waals surface area contributed by atoms with Crippen molar-refractivity contribution in [3.63, 3.8) is 0 Å². The molecule has 1 amide bonds. The van der Waals surface area contributed by atoms with E-state index in [9.17, 15) is 13.2 Å². The number of carbonyl (C=O) groups is 1. The summed E-state index contributed by atoms with van der Waals surface area (Å²) in [7, 11) is -3.99. The lowest BCUT2D eigenvalue weighted by Gasteiger charge is -2.46. The van der Waals surface area contributed by atoms with Gasteiger partial charge in [-0.25, -0.2) is 8.42 Å². The van der Waals surface area contributed by atoms with E-state index in [1.165, 1.54) is 6.07 Å². The fourth-order valence-electron chi connectivity index (χ4n) is 5.52. The van der Waals surface area contributed by atoms with Gasteiger partial charge in [-0.3, -0.25) is 14.4 Å². The standard InChI is InChI=1S/C36H32BrN3O4S/c1-3-44-29-19-17-28(18-20-29)40-35(31-11-7-8-12-33(31)37)39(24-26-9-5-4-6-10-26)34-22-21-30(23-32(34)36(40)41)45(42,43)38-27-15-13-25(2)14-16-27/h4-23,35,38H,3,24H2,1-2H3/t35-/m0/s1. The van der Waals surface area contributed by atoms with Gasteiger partial charge >= 0.3 is 0 Å². The summed E-state index contributed by atoms with van der Waals surface area (Å²) in [6.45, 7) is 4.84. The van der Waals surface area contributed by atoms with Gasteiger partial charge < -0.3 is 9.64 Å². The Hall–Kier alpha value is -4.60. The molecule has 0 fully saturated rings. The molecule has 0 spiro atoms. The van der Waals surface area contributed by atoms with Crippen molar-refractivity contribution >= 4 is 48.9 Å². The Balaban J connectivity index is 1.52. The highest BCUT2D eigenvalue weighted by Crippen LogP contribution is 2.45. The van der Waals surface area contributed by atoms with Crippen LogP contribution in [0.25, 0.3) is 0 Å². The minimum atomic E-state index is -3.99. The van der Waals surface area contributed by atoms with Crippen LogP contribution in [0, 0.1) is 6.92 Å². The van der Waals surface area contributed by atoms with Gasteiger partial charge in [0.2, 0.25) is 0 Å². The van der Waals surface area contributed by atoms with E-state index in [-0.39, 0.29) is 16.4 Å². The zero-order valence-corrected chi connectivity index (χ0v) is 27.3. The van der Waals surface area contributed by atoms with Crippen LogP contribution >= 0.6 is 15.9 Å². The Kier molecular flexibility index (Phi) is 8.65. The Morgan fingerprint density at radius 1 is 0.844 bits per heavy atom. The number of sulfonamides is 1. The van der Waals surface area contributed by atoms with E-state index < -0.39 is 16.2 Å². The Morgan fingerprint density at radius 3 is 2.22 bits per heavy atom. The molecule has 0 bridgehead atoms. The van der Waals surface area contributed by atoms with E-state index in [0.29, 0.717) is 36.0 Å². The van der Waals surface area contributed by atoms with Crippen LogP contribution < -0.4 is 19.3 Å². The SMILES string of the molecule is CCOc1ccc(N2C(=O)c3cc(S(=O)(=O)Nc4ccc(C)cc4)ccc3N(Cc3ccccc3)[C@@H]2c2ccccc2Br)cc1. The molecule has 9 heteroatoms. The van der Waals surface area contributed by atoms with E-state index >= 15 is 0 Å². The molecular weight excluding hydrogens is 650 g/mol. The lowest BCUT2D eigenvalue weighted by molar-refractivity contribution is 0.0967. The number of aryl methyl sites for hydroxylation is 1. The van der Waals surface area contributed by atoms with Gasteiger partial charge in [0.25, 0.3) is 15.9 Å². The first-order valence-electron chi connectivity index (χ1n) is 14.6. The topological polar surface area (TPSA) is 78.9 Å². The molecule has 1 atom stereocenters. The molecular formula is C36H32BrN3O4S. The fourth-order valence-corrected chi connectivity index (χ4v) is 7.10. The first kappa shape index (κ1) is 30.4. The first-order valence-corrected chi connectivity index (χ1v) is 16.9. The number of carbonyl (C=O) groups excluding carboxylic acids is 1. The van der Waals surface area contributed by atoms with Gasteiger partial charge in [0, 0.05) is 28.0 Å². The first-order chi connectivity index (χ1) is 21.7. The molecule has 1 N–H and O–H groups in total. The maximum Gasteiger partial charge on any atom is 0.262 e. The van der Waals surface area contributed by atoms with Crippen LogP contribution in [0.4, 0.5) is 17.1 Å². The number of nitrogens with zero attached hydrogens (tertiary/aromatic N) is 2. The largest absolute Gasteiger partial charge is 0.494 e. The van der Waals surface area contributed by atoms with Crippen LogP contribution in [0.5, 0.6) is 5.75 Å². The van der Waals surface area contributed by atoms with E-state index in [4.69, 9.17) is 4.74 Å². The van der Waals surface area contributed by atoms with E-state index in [1.54, 1.807) is 29.2 Å². The smallest absolute Gasteiger partial charge is 0.262 e. The number of hydrogen-bond acceptors (Lipinski definition) is 5. The number of nitrogens with one attached hydrogen (secondary N) is 1. The highest BCUT2D eigenvalue weighted by atomic mass is 79.9. The van der Waals surface area contributed by atoms with Crippen molar-refractivity contribution in [1.82, 2.24) is 0 Å². The molecule has 6 rings (SSSR count). The molecule has 0 aromatic heterocycles. The molecule has 0 saturated heterocycles. The van der Waals surface area contributed by atoms with E-state index in [0.717, 1.165) is 21.2 Å². The monoisotopic (exact) mass is 681 g/mol. The Bertz CT molecular complexity index is 1930. The third-order valence-electron chi connectivity index (χ3n) is 7.69. The minimum absolute atomic E-state index is 0.000761. The Labute approximate surface area is 272 Å². The second-order valence-corrected chi connectivity index (χ2v) is 13.3. The summed E-state index contributed by atoms with van der Waals surface area (Å²) in [6, 6.07) is 37.1. The molecule has 5 aromatic carbocycles. The summed E-state index contributed by atoms with van der Waals surface area (Å²) < 4.78 is 36.3. The van der Waals surface area contributed by atoms with Gasteiger partial charge in [-0.15, -0.1) is 0 Å². The zero-order chi connectivity index (χ0) is 31.6.